The Morgan fingerprint density at radius 2 is 1.95 bits per heavy atom. The molecule has 2 aromatic carbocycles. The maximum atomic E-state index is 11.6. The maximum absolute atomic E-state index is 11.6. The zero-order valence-electron chi connectivity index (χ0n) is 22.8. The molecule has 2 aliphatic rings. The number of hydrogen-bond acceptors (Lipinski definition) is 6. The summed E-state index contributed by atoms with van der Waals surface area (Å²) in [5.74, 6) is 2.91. The first-order valence-electron chi connectivity index (χ1n) is 13.0. The lowest BCUT2D eigenvalue weighted by Crippen LogP contribution is -2.43. The summed E-state index contributed by atoms with van der Waals surface area (Å²) >= 11 is 0. The molecule has 0 atom stereocenters. The highest BCUT2D eigenvalue weighted by atomic mass is 16.5. The second kappa shape index (κ2) is 10.8. The Bertz CT molecular complexity index is 1720. The average molecular weight is 549 g/mol. The molecule has 2 aromatic heterocycles. The predicted molar refractivity (Wildman–Crippen MR) is 154 cm³/mol. The second-order valence-corrected chi connectivity index (χ2v) is 9.50. The molecule has 4 heterocycles. The van der Waals surface area contributed by atoms with Gasteiger partial charge in [-0.05, 0) is 59.2 Å². The predicted octanol–water partition coefficient (Wildman–Crippen LogP) is 2.58. The van der Waals surface area contributed by atoms with Crippen molar-refractivity contribution in [3.05, 3.63) is 101 Å². The van der Waals surface area contributed by atoms with Crippen LogP contribution in [0.4, 0.5) is 5.69 Å². The van der Waals surface area contributed by atoms with Crippen LogP contribution in [0.15, 0.2) is 83.6 Å². The molecule has 0 saturated carbocycles. The minimum Gasteiger partial charge on any atom is -0.497 e. The number of amidine groups is 1. The lowest BCUT2D eigenvalue weighted by molar-refractivity contribution is -0.663. The Morgan fingerprint density at radius 3 is 2.66 bits per heavy atom. The topological polar surface area (TPSA) is 121 Å². The van der Waals surface area contributed by atoms with E-state index >= 15 is 0 Å². The molecule has 0 bridgehead atoms. The fourth-order valence-electron chi connectivity index (χ4n) is 5.01. The molecule has 0 aliphatic carbocycles. The smallest absolute Gasteiger partial charge is 0.497 e. The van der Waals surface area contributed by atoms with Gasteiger partial charge in [-0.1, -0.05) is 12.1 Å². The van der Waals surface area contributed by atoms with Gasteiger partial charge in [-0.3, -0.25) is 14.3 Å². The largest absolute Gasteiger partial charge is 0.503 e. The highest BCUT2D eigenvalue weighted by Crippen LogP contribution is 2.37. The first kappa shape index (κ1) is 26.1. The number of aliphatic imine (C=N–C) groups is 1. The standard InChI is InChI=1S/C29H27BN7O4/c1-18(39)32-21-6-4-19(5-7-21)29-24-9-12-27(31-15-20-14-23(40-2)8-11-26(20)41-3)36(24)30-37-25(29)10-13-28(37)35-16-22(17-38)33-34-35/h4-14,16,38H,15,17H2,1-3H3,(H,31,32,39)/p+1. The number of aromatic nitrogens is 4. The van der Waals surface area contributed by atoms with E-state index < -0.39 is 0 Å². The molecule has 0 saturated heterocycles. The van der Waals surface area contributed by atoms with E-state index in [0.717, 1.165) is 56.9 Å². The Balaban J connectivity index is 1.42. The van der Waals surface area contributed by atoms with Crippen molar-refractivity contribution in [1.82, 2.24) is 19.6 Å². The minimum atomic E-state index is -0.169. The molecule has 11 nitrogen and oxygen atoms in total. The summed E-state index contributed by atoms with van der Waals surface area (Å²) in [5, 5.41) is 19.5. The summed E-state index contributed by atoms with van der Waals surface area (Å²) in [6.07, 6.45) is 5.80. The van der Waals surface area contributed by atoms with Gasteiger partial charge in [0.25, 0.3) is 0 Å². The maximum Gasteiger partial charge on any atom is 0.503 e. The van der Waals surface area contributed by atoms with Gasteiger partial charge in [0.05, 0.1) is 26.5 Å². The number of fused-ring (bicyclic) bond motifs is 2. The van der Waals surface area contributed by atoms with Gasteiger partial charge in [0.15, 0.2) is 5.69 Å². The molecule has 205 valence electrons. The van der Waals surface area contributed by atoms with Gasteiger partial charge in [-0.2, -0.15) is 0 Å². The van der Waals surface area contributed by atoms with E-state index in [1.165, 1.54) is 6.92 Å². The first-order valence-corrected chi connectivity index (χ1v) is 13.0. The number of amides is 1. The van der Waals surface area contributed by atoms with Crippen LogP contribution < -0.4 is 19.5 Å². The summed E-state index contributed by atoms with van der Waals surface area (Å²) in [4.78, 5) is 18.5. The van der Waals surface area contributed by atoms with Crippen LogP contribution in [-0.4, -0.2) is 58.2 Å². The Hall–Kier alpha value is -5.10. The normalized spacial score (nSPS) is 14.6. The number of aliphatic hydroxyl groups is 1. The summed E-state index contributed by atoms with van der Waals surface area (Å²) in [6, 6.07) is 17.5. The second-order valence-electron chi connectivity index (χ2n) is 9.50. The number of nitrogens with one attached hydrogen (secondary N) is 2. The summed E-state index contributed by atoms with van der Waals surface area (Å²) in [6.45, 7) is 1.71. The van der Waals surface area contributed by atoms with Crippen LogP contribution in [0, 0.1) is 0 Å². The monoisotopic (exact) mass is 549 g/mol. The van der Waals surface area contributed by atoms with E-state index in [4.69, 9.17) is 14.5 Å². The number of rotatable bonds is 8. The van der Waals surface area contributed by atoms with Crippen molar-refractivity contribution < 1.29 is 24.1 Å². The van der Waals surface area contributed by atoms with E-state index in [0.29, 0.717) is 12.2 Å². The molecule has 3 N–H and O–H groups in total. The molecule has 6 rings (SSSR count). The first-order chi connectivity index (χ1) is 20.0. The van der Waals surface area contributed by atoms with Crippen LogP contribution in [0.5, 0.6) is 11.5 Å². The number of carbonyl (C=O) groups is 1. The summed E-state index contributed by atoms with van der Waals surface area (Å²) in [5.41, 5.74) is 6.06. The van der Waals surface area contributed by atoms with Gasteiger partial charge in [0.1, 0.15) is 30.1 Å². The number of ether oxygens (including phenoxy) is 2. The number of nitrogens with zero attached hydrogens (tertiary/aromatic N) is 5. The number of methoxy groups -OCH3 is 2. The van der Waals surface area contributed by atoms with E-state index in [2.05, 4.69) is 26.2 Å². The Kier molecular flexibility index (Phi) is 6.90. The quantitative estimate of drug-likeness (QED) is 0.230. The molecule has 41 heavy (non-hydrogen) atoms. The lowest BCUT2D eigenvalue weighted by atomic mass is 9.91. The van der Waals surface area contributed by atoms with Crippen LogP contribution in [0.3, 0.4) is 0 Å². The van der Waals surface area contributed by atoms with Crippen molar-refractivity contribution in [2.75, 3.05) is 19.5 Å². The Labute approximate surface area is 237 Å². The molecule has 0 fully saturated rings. The molecule has 0 spiro atoms. The number of hydrogen-bond donors (Lipinski definition) is 3. The van der Waals surface area contributed by atoms with Crippen LogP contribution >= 0.6 is 0 Å². The summed E-state index contributed by atoms with van der Waals surface area (Å²) < 4.78 is 14.8. The van der Waals surface area contributed by atoms with Crippen molar-refractivity contribution in [1.29, 1.82) is 0 Å². The fraction of sp³-hybridized carbons (Fsp3) is 0.172. The van der Waals surface area contributed by atoms with Crippen molar-refractivity contribution in [3.63, 3.8) is 0 Å². The molecule has 2 aliphatic heterocycles. The molecule has 12 heteroatoms. The number of carbonyl (C=O) groups excluding carboxylic acids is 1. The highest BCUT2D eigenvalue weighted by Gasteiger charge is 2.36. The van der Waals surface area contributed by atoms with Crippen molar-refractivity contribution in [2.45, 2.75) is 20.1 Å². The van der Waals surface area contributed by atoms with Gasteiger partial charge < -0.3 is 24.7 Å². The Morgan fingerprint density at radius 1 is 1.12 bits per heavy atom. The van der Waals surface area contributed by atoms with E-state index in [9.17, 15) is 9.90 Å². The van der Waals surface area contributed by atoms with Gasteiger partial charge in [-0.15, -0.1) is 9.90 Å². The van der Waals surface area contributed by atoms with Crippen molar-refractivity contribution in [2.24, 2.45) is 4.99 Å². The van der Waals surface area contributed by atoms with Gasteiger partial charge in [-0.25, -0.2) is 0 Å². The van der Waals surface area contributed by atoms with Crippen molar-refractivity contribution in [3.8, 4) is 17.3 Å². The number of allylic oxidation sites excluding steroid dienone is 1. The van der Waals surface area contributed by atoms with E-state index in [1.807, 2.05) is 73.0 Å². The lowest BCUT2D eigenvalue weighted by Gasteiger charge is -2.28. The van der Waals surface area contributed by atoms with Crippen LogP contribution in [0.1, 0.15) is 29.4 Å². The van der Waals surface area contributed by atoms with Crippen LogP contribution in [-0.2, 0) is 17.9 Å². The average Bonchev–Trinajstić information content (AvgIpc) is 3.73. The van der Waals surface area contributed by atoms with Crippen LogP contribution in [0.25, 0.3) is 11.4 Å². The third-order valence-corrected chi connectivity index (χ3v) is 6.92. The number of aromatic amines is 1. The highest BCUT2D eigenvalue weighted by molar-refractivity contribution is 6.41. The third-order valence-electron chi connectivity index (χ3n) is 6.92. The number of anilines is 1. The molecular weight excluding hydrogens is 521 g/mol. The molecular formula is C29H28BN7O4+. The van der Waals surface area contributed by atoms with Gasteiger partial charge in [0.2, 0.25) is 11.7 Å². The minimum absolute atomic E-state index is 0.122. The fourth-order valence-corrected chi connectivity index (χ4v) is 5.01. The van der Waals surface area contributed by atoms with Crippen LogP contribution in [0.2, 0.25) is 0 Å². The van der Waals surface area contributed by atoms with E-state index in [1.54, 1.807) is 25.1 Å². The number of aliphatic hydroxyl groups excluding tert-OH is 1. The molecule has 4 aromatic rings. The molecule has 1 amide bonds. The number of H-pyrrole nitrogens is 1. The SMILES string of the molecule is COc1ccc(OC)c(CN=C2C=CC3=C(c4ccc(NC(C)=O)cc4)c4ccc(-[n+]5cc(CO)n[nH]5)n4[B]N23)c1. The third kappa shape index (κ3) is 4.89. The molecule has 1 radical (unpaired) electrons. The zero-order chi connectivity index (χ0) is 28.5. The van der Waals surface area contributed by atoms with Crippen molar-refractivity contribution >= 4 is 30.6 Å². The van der Waals surface area contributed by atoms with Gasteiger partial charge in [0, 0.05) is 35.5 Å². The van der Waals surface area contributed by atoms with Gasteiger partial charge >= 0.3 is 7.55 Å². The summed E-state index contributed by atoms with van der Waals surface area (Å²) in [7, 11) is 5.26. The number of benzene rings is 2. The zero-order valence-corrected chi connectivity index (χ0v) is 22.8. The molecule has 0 unspecified atom stereocenters. The van der Waals surface area contributed by atoms with E-state index in [-0.39, 0.29) is 12.5 Å².